The number of nitrogens with one attached hydrogen (secondary N) is 1. The number of hydrogen-bond acceptors (Lipinski definition) is 5. The third-order valence-corrected chi connectivity index (χ3v) is 6.19. The van der Waals surface area contributed by atoms with Crippen molar-refractivity contribution in [2.45, 2.75) is 13.0 Å². The van der Waals surface area contributed by atoms with Crippen molar-refractivity contribution < 1.29 is 17.9 Å². The minimum Gasteiger partial charge on any atom is -0.497 e. The first-order valence-electron chi connectivity index (χ1n) is 8.31. The van der Waals surface area contributed by atoms with E-state index in [1.165, 1.54) is 16.7 Å². The van der Waals surface area contributed by atoms with Crippen LogP contribution in [0.25, 0.3) is 0 Å². The maximum Gasteiger partial charge on any atom is 0.251 e. The summed E-state index contributed by atoms with van der Waals surface area (Å²) >= 11 is 0. The number of aromatic nitrogens is 1. The largest absolute Gasteiger partial charge is 0.497 e. The highest BCUT2D eigenvalue weighted by atomic mass is 32.2. The molecule has 0 atom stereocenters. The van der Waals surface area contributed by atoms with Crippen molar-refractivity contribution in [1.82, 2.24) is 14.6 Å². The van der Waals surface area contributed by atoms with Crippen molar-refractivity contribution in [2.24, 2.45) is 0 Å². The van der Waals surface area contributed by atoms with Crippen LogP contribution in [0.5, 0.6) is 5.75 Å². The first-order chi connectivity index (χ1) is 12.5. The van der Waals surface area contributed by atoms with Crippen molar-refractivity contribution in [3.63, 3.8) is 0 Å². The van der Waals surface area contributed by atoms with Crippen LogP contribution in [0.15, 0.2) is 42.7 Å². The monoisotopic (exact) mass is 375 g/mol. The van der Waals surface area contributed by atoms with Crippen LogP contribution in [-0.2, 0) is 23.0 Å². The summed E-state index contributed by atoms with van der Waals surface area (Å²) in [5.41, 5.74) is 2.56. The molecule has 1 aliphatic rings. The van der Waals surface area contributed by atoms with E-state index in [-0.39, 0.29) is 18.2 Å². The van der Waals surface area contributed by atoms with Crippen LogP contribution in [-0.4, -0.2) is 49.6 Å². The van der Waals surface area contributed by atoms with Crippen molar-refractivity contribution in [3.05, 3.63) is 59.4 Å². The van der Waals surface area contributed by atoms with Crippen LogP contribution in [0.1, 0.15) is 21.5 Å². The molecule has 0 spiro atoms. The van der Waals surface area contributed by atoms with E-state index in [0.29, 0.717) is 25.1 Å². The Bertz CT molecular complexity index is 885. The molecular formula is C18H21N3O4S. The van der Waals surface area contributed by atoms with Crippen molar-refractivity contribution in [2.75, 3.05) is 26.0 Å². The van der Waals surface area contributed by atoms with E-state index in [4.69, 9.17) is 4.74 Å². The fraction of sp³-hybridized carbons (Fsp3) is 0.333. The van der Waals surface area contributed by atoms with Crippen molar-refractivity contribution >= 4 is 15.9 Å². The number of fused-ring (bicyclic) bond motifs is 1. The molecule has 1 aromatic carbocycles. The molecule has 1 aliphatic heterocycles. The second-order valence-corrected chi connectivity index (χ2v) is 8.11. The maximum atomic E-state index is 12.6. The van der Waals surface area contributed by atoms with Crippen LogP contribution in [0.4, 0.5) is 0 Å². The van der Waals surface area contributed by atoms with E-state index in [0.717, 1.165) is 16.9 Å². The maximum absolute atomic E-state index is 12.6. The molecule has 2 heterocycles. The number of amides is 1. The molecule has 1 amide bonds. The fourth-order valence-electron chi connectivity index (χ4n) is 2.90. The van der Waals surface area contributed by atoms with Gasteiger partial charge in [0.25, 0.3) is 5.91 Å². The Balaban J connectivity index is 1.57. The summed E-state index contributed by atoms with van der Waals surface area (Å²) in [6.07, 6.45) is 3.69. The molecule has 0 radical (unpaired) electrons. The van der Waals surface area contributed by atoms with Crippen LogP contribution in [0.2, 0.25) is 0 Å². The van der Waals surface area contributed by atoms with Gasteiger partial charge in [-0.1, -0.05) is 6.07 Å². The summed E-state index contributed by atoms with van der Waals surface area (Å²) < 4.78 is 31.8. The predicted octanol–water partition coefficient (Wildman–Crippen LogP) is 1.21. The molecule has 0 unspecified atom stereocenters. The molecule has 8 heteroatoms. The lowest BCUT2D eigenvalue weighted by Crippen LogP contribution is -2.40. The highest BCUT2D eigenvalue weighted by Gasteiger charge is 2.26. The number of nitrogens with zero attached hydrogens (tertiary/aromatic N) is 2. The van der Waals surface area contributed by atoms with Crippen LogP contribution in [0.3, 0.4) is 0 Å². The van der Waals surface area contributed by atoms with E-state index >= 15 is 0 Å². The van der Waals surface area contributed by atoms with Crippen LogP contribution >= 0.6 is 0 Å². The molecular weight excluding hydrogens is 354 g/mol. The number of ether oxygens (including phenoxy) is 1. The average Bonchev–Trinajstić information content (AvgIpc) is 2.67. The topological polar surface area (TPSA) is 88.6 Å². The number of sulfonamides is 1. The minimum atomic E-state index is -3.44. The van der Waals surface area contributed by atoms with Gasteiger partial charge in [-0.3, -0.25) is 9.78 Å². The number of hydrogen-bond donors (Lipinski definition) is 1. The minimum absolute atomic E-state index is 0.0649. The Kier molecular flexibility index (Phi) is 5.53. The summed E-state index contributed by atoms with van der Waals surface area (Å²) in [5.74, 6) is 0.340. The SMILES string of the molecule is COc1ccc2c(c1)CCN(S(=O)(=O)CCNC(=O)c1ccncc1)C2. The van der Waals surface area contributed by atoms with Gasteiger partial charge < -0.3 is 10.1 Å². The number of carbonyl (C=O) groups is 1. The Labute approximate surface area is 153 Å². The predicted molar refractivity (Wildman–Crippen MR) is 97.5 cm³/mol. The zero-order valence-corrected chi connectivity index (χ0v) is 15.3. The van der Waals surface area contributed by atoms with Gasteiger partial charge in [-0.05, 0) is 41.8 Å². The zero-order valence-electron chi connectivity index (χ0n) is 14.5. The van der Waals surface area contributed by atoms with Gasteiger partial charge in [0.1, 0.15) is 5.75 Å². The molecule has 3 rings (SSSR count). The highest BCUT2D eigenvalue weighted by molar-refractivity contribution is 7.89. The normalized spacial score (nSPS) is 14.5. The molecule has 2 aromatic rings. The molecule has 0 saturated heterocycles. The number of benzene rings is 1. The smallest absolute Gasteiger partial charge is 0.251 e. The van der Waals surface area contributed by atoms with Gasteiger partial charge in [0, 0.05) is 37.6 Å². The molecule has 1 aromatic heterocycles. The Morgan fingerprint density at radius 1 is 1.23 bits per heavy atom. The van der Waals surface area contributed by atoms with Gasteiger partial charge in [-0.15, -0.1) is 0 Å². The van der Waals surface area contributed by atoms with Gasteiger partial charge in [-0.2, -0.15) is 4.31 Å². The number of carbonyl (C=O) groups excluding carboxylic acids is 1. The molecule has 0 bridgehead atoms. The zero-order chi connectivity index (χ0) is 18.6. The third kappa shape index (κ3) is 4.20. The Morgan fingerprint density at radius 2 is 2.00 bits per heavy atom. The van der Waals surface area contributed by atoms with E-state index in [2.05, 4.69) is 10.3 Å². The molecule has 0 fully saturated rings. The molecule has 7 nitrogen and oxygen atoms in total. The van der Waals surface area contributed by atoms with Gasteiger partial charge in [0.15, 0.2) is 0 Å². The van der Waals surface area contributed by atoms with Gasteiger partial charge in [-0.25, -0.2) is 8.42 Å². The quantitative estimate of drug-likeness (QED) is 0.820. The van der Waals surface area contributed by atoms with Gasteiger partial charge in [0.2, 0.25) is 10.0 Å². The molecule has 26 heavy (non-hydrogen) atoms. The molecule has 1 N–H and O–H groups in total. The number of pyridine rings is 1. The van der Waals surface area contributed by atoms with Gasteiger partial charge >= 0.3 is 0 Å². The third-order valence-electron chi connectivity index (χ3n) is 4.37. The van der Waals surface area contributed by atoms with Gasteiger partial charge in [0.05, 0.1) is 12.9 Å². The Hall–Kier alpha value is -2.45. The lowest BCUT2D eigenvalue weighted by atomic mass is 10.0. The van der Waals surface area contributed by atoms with Crippen molar-refractivity contribution in [3.8, 4) is 5.75 Å². The van der Waals surface area contributed by atoms with E-state index in [1.54, 1.807) is 19.2 Å². The summed E-state index contributed by atoms with van der Waals surface area (Å²) in [5, 5.41) is 2.64. The molecule has 0 saturated carbocycles. The molecule has 138 valence electrons. The van der Waals surface area contributed by atoms with Crippen LogP contribution < -0.4 is 10.1 Å². The first kappa shape index (κ1) is 18.3. The average molecular weight is 375 g/mol. The van der Waals surface area contributed by atoms with E-state index in [1.807, 2.05) is 18.2 Å². The molecule has 0 aliphatic carbocycles. The second kappa shape index (κ2) is 7.84. The van der Waals surface area contributed by atoms with E-state index < -0.39 is 10.0 Å². The van der Waals surface area contributed by atoms with E-state index in [9.17, 15) is 13.2 Å². The Morgan fingerprint density at radius 3 is 2.73 bits per heavy atom. The number of rotatable bonds is 6. The second-order valence-electron chi connectivity index (χ2n) is 6.03. The summed E-state index contributed by atoms with van der Waals surface area (Å²) in [6.45, 7) is 0.843. The fourth-order valence-corrected chi connectivity index (χ4v) is 4.22. The summed E-state index contributed by atoms with van der Waals surface area (Å²) in [4.78, 5) is 15.8. The highest BCUT2D eigenvalue weighted by Crippen LogP contribution is 2.25. The first-order valence-corrected chi connectivity index (χ1v) is 9.92. The standard InChI is InChI=1S/C18H21N3O4S/c1-25-17-3-2-16-13-21(10-6-15(16)12-17)26(23,24)11-9-20-18(22)14-4-7-19-8-5-14/h2-5,7-8,12H,6,9-11,13H2,1H3,(H,20,22). The lowest BCUT2D eigenvalue weighted by Gasteiger charge is -2.28. The van der Waals surface area contributed by atoms with Crippen LogP contribution in [0, 0.1) is 0 Å². The number of methoxy groups -OCH3 is 1. The summed E-state index contributed by atoms with van der Waals surface area (Å²) in [7, 11) is -1.83. The lowest BCUT2D eigenvalue weighted by molar-refractivity contribution is 0.0956. The summed E-state index contributed by atoms with van der Waals surface area (Å²) in [6, 6.07) is 8.86. The van der Waals surface area contributed by atoms with Crippen molar-refractivity contribution in [1.29, 1.82) is 0 Å².